The number of rotatable bonds is 6. The lowest BCUT2D eigenvalue weighted by Crippen LogP contribution is -2.09. The number of benzene rings is 3. The van der Waals surface area contributed by atoms with Crippen LogP contribution in [0.2, 0.25) is 0 Å². The van der Waals surface area contributed by atoms with E-state index in [0.717, 1.165) is 10.0 Å². The fraction of sp³-hybridized carbons (Fsp3) is 0.120. The Balaban J connectivity index is 1.58. The topological polar surface area (TPSA) is 80.3 Å². The summed E-state index contributed by atoms with van der Waals surface area (Å²) < 4.78 is 27.9. The van der Waals surface area contributed by atoms with Gasteiger partial charge in [0.15, 0.2) is 17.3 Å². The SMILES string of the molecule is COc1cc(C(=O)Oc2ccc3c(c2)OC(=Cc2ccccc2Br)C3=O)cc(OC)c1OC. The first-order valence-corrected chi connectivity index (χ1v) is 10.6. The average molecular weight is 511 g/mol. The fourth-order valence-corrected chi connectivity index (χ4v) is 3.73. The zero-order valence-corrected chi connectivity index (χ0v) is 19.6. The number of Topliss-reactive ketones (excluding diaryl/α,β-unsaturated/α-hetero) is 1. The quantitative estimate of drug-likeness (QED) is 0.252. The second kappa shape index (κ2) is 9.38. The molecule has 0 radical (unpaired) electrons. The van der Waals surface area contributed by atoms with Gasteiger partial charge >= 0.3 is 5.97 Å². The van der Waals surface area contributed by atoms with Crippen molar-refractivity contribution < 1.29 is 33.3 Å². The molecule has 0 fully saturated rings. The van der Waals surface area contributed by atoms with Crippen LogP contribution in [0.3, 0.4) is 0 Å². The minimum absolute atomic E-state index is 0.185. The Morgan fingerprint density at radius 1 is 0.939 bits per heavy atom. The highest BCUT2D eigenvalue weighted by atomic mass is 79.9. The molecule has 0 amide bonds. The molecule has 1 heterocycles. The zero-order valence-electron chi connectivity index (χ0n) is 18.0. The number of methoxy groups -OCH3 is 3. The van der Waals surface area contributed by atoms with Crippen LogP contribution in [0.5, 0.6) is 28.7 Å². The number of halogens is 1. The van der Waals surface area contributed by atoms with Crippen molar-refractivity contribution in [1.82, 2.24) is 0 Å². The Morgan fingerprint density at radius 3 is 2.27 bits per heavy atom. The molecule has 0 spiro atoms. The summed E-state index contributed by atoms with van der Waals surface area (Å²) in [6, 6.07) is 15.1. The fourth-order valence-electron chi connectivity index (χ4n) is 3.33. The van der Waals surface area contributed by atoms with Crippen LogP contribution in [0.15, 0.2) is 64.8 Å². The Hall–Kier alpha value is -3.78. The van der Waals surface area contributed by atoms with E-state index in [2.05, 4.69) is 15.9 Å². The molecule has 4 rings (SSSR count). The number of carbonyl (C=O) groups is 2. The molecule has 1 aliphatic heterocycles. The first-order chi connectivity index (χ1) is 15.9. The van der Waals surface area contributed by atoms with Crippen molar-refractivity contribution in [3.05, 3.63) is 81.5 Å². The summed E-state index contributed by atoms with van der Waals surface area (Å²) in [5, 5.41) is 0. The second-order valence-corrected chi connectivity index (χ2v) is 7.78. The maximum absolute atomic E-state index is 12.8. The lowest BCUT2D eigenvalue weighted by Gasteiger charge is -2.13. The summed E-state index contributed by atoms with van der Waals surface area (Å²) in [6.45, 7) is 0. The molecule has 33 heavy (non-hydrogen) atoms. The maximum atomic E-state index is 12.8. The van der Waals surface area contributed by atoms with Crippen LogP contribution in [-0.2, 0) is 0 Å². The van der Waals surface area contributed by atoms with Crippen molar-refractivity contribution in [1.29, 1.82) is 0 Å². The molecule has 3 aromatic rings. The summed E-state index contributed by atoms with van der Waals surface area (Å²) in [5.74, 6) is 0.860. The number of esters is 1. The molecule has 0 atom stereocenters. The molecule has 0 unspecified atom stereocenters. The first-order valence-electron chi connectivity index (χ1n) is 9.80. The second-order valence-electron chi connectivity index (χ2n) is 6.92. The van der Waals surface area contributed by atoms with Crippen LogP contribution < -0.4 is 23.7 Å². The van der Waals surface area contributed by atoms with Crippen LogP contribution in [0.4, 0.5) is 0 Å². The summed E-state index contributed by atoms with van der Waals surface area (Å²) in [7, 11) is 4.39. The Bertz CT molecular complexity index is 1250. The highest BCUT2D eigenvalue weighted by molar-refractivity contribution is 9.10. The summed E-state index contributed by atoms with van der Waals surface area (Å²) in [6.07, 6.45) is 1.66. The Morgan fingerprint density at radius 2 is 1.64 bits per heavy atom. The van der Waals surface area contributed by atoms with Gasteiger partial charge < -0.3 is 23.7 Å². The highest BCUT2D eigenvalue weighted by Gasteiger charge is 2.28. The van der Waals surface area contributed by atoms with E-state index in [1.165, 1.54) is 45.6 Å². The summed E-state index contributed by atoms with van der Waals surface area (Å²) in [4.78, 5) is 25.5. The van der Waals surface area contributed by atoms with E-state index < -0.39 is 5.97 Å². The molecule has 0 aliphatic carbocycles. The van der Waals surface area contributed by atoms with Gasteiger partial charge in [0.2, 0.25) is 11.5 Å². The number of ketones is 1. The van der Waals surface area contributed by atoms with Gasteiger partial charge in [-0.05, 0) is 42.0 Å². The number of fused-ring (bicyclic) bond motifs is 1. The summed E-state index contributed by atoms with van der Waals surface area (Å²) >= 11 is 3.45. The van der Waals surface area contributed by atoms with Gasteiger partial charge in [-0.1, -0.05) is 34.1 Å². The Labute approximate surface area is 198 Å². The van der Waals surface area contributed by atoms with Crippen molar-refractivity contribution in [2.75, 3.05) is 21.3 Å². The van der Waals surface area contributed by atoms with Gasteiger partial charge in [0.25, 0.3) is 0 Å². The lowest BCUT2D eigenvalue weighted by molar-refractivity contribution is 0.0733. The van der Waals surface area contributed by atoms with Crippen LogP contribution >= 0.6 is 15.9 Å². The molecule has 0 aromatic heterocycles. The predicted octanol–water partition coefficient (Wildman–Crippen LogP) is 5.31. The Kier molecular flexibility index (Phi) is 6.37. The van der Waals surface area contributed by atoms with Gasteiger partial charge in [0, 0.05) is 10.5 Å². The number of hydrogen-bond acceptors (Lipinski definition) is 7. The maximum Gasteiger partial charge on any atom is 0.343 e. The lowest BCUT2D eigenvalue weighted by atomic mass is 10.1. The van der Waals surface area contributed by atoms with Crippen molar-refractivity contribution in [3.63, 3.8) is 0 Å². The van der Waals surface area contributed by atoms with E-state index in [0.29, 0.717) is 28.6 Å². The third-order valence-electron chi connectivity index (χ3n) is 4.94. The van der Waals surface area contributed by atoms with Gasteiger partial charge in [-0.15, -0.1) is 0 Å². The number of ether oxygens (including phenoxy) is 5. The van der Waals surface area contributed by atoms with E-state index in [-0.39, 0.29) is 22.9 Å². The molecule has 0 saturated heterocycles. The smallest absolute Gasteiger partial charge is 0.343 e. The number of hydrogen-bond donors (Lipinski definition) is 0. The van der Waals surface area contributed by atoms with Crippen LogP contribution in [0, 0.1) is 0 Å². The molecular weight excluding hydrogens is 492 g/mol. The number of carbonyl (C=O) groups excluding carboxylic acids is 2. The van der Waals surface area contributed by atoms with E-state index in [9.17, 15) is 9.59 Å². The standard InChI is InChI=1S/C25H19BrO7/c1-29-21-11-15(12-22(30-2)24(21)31-3)25(28)32-16-8-9-17-19(13-16)33-20(23(17)27)10-14-6-4-5-7-18(14)26/h4-13H,1-3H3. The van der Waals surface area contributed by atoms with Gasteiger partial charge in [0.1, 0.15) is 11.5 Å². The minimum Gasteiger partial charge on any atom is -0.493 e. The third-order valence-corrected chi connectivity index (χ3v) is 5.67. The van der Waals surface area contributed by atoms with Crippen molar-refractivity contribution in [2.45, 2.75) is 0 Å². The van der Waals surface area contributed by atoms with Crippen LogP contribution in [-0.4, -0.2) is 33.1 Å². The van der Waals surface area contributed by atoms with Crippen LogP contribution in [0.1, 0.15) is 26.3 Å². The number of allylic oxidation sites excluding steroid dienone is 1. The molecule has 0 saturated carbocycles. The normalized spacial score (nSPS) is 13.3. The van der Waals surface area contributed by atoms with Gasteiger partial charge in [-0.2, -0.15) is 0 Å². The first kappa shape index (κ1) is 22.4. The summed E-state index contributed by atoms with van der Waals surface area (Å²) in [5.41, 5.74) is 1.40. The van der Waals surface area contributed by atoms with E-state index >= 15 is 0 Å². The largest absolute Gasteiger partial charge is 0.493 e. The molecule has 7 nitrogen and oxygen atoms in total. The molecule has 168 valence electrons. The molecule has 8 heteroatoms. The molecule has 1 aliphatic rings. The molecule has 3 aromatic carbocycles. The third kappa shape index (κ3) is 4.42. The zero-order chi connectivity index (χ0) is 23.5. The minimum atomic E-state index is -0.637. The van der Waals surface area contributed by atoms with Crippen molar-refractivity contribution in [3.8, 4) is 28.7 Å². The van der Waals surface area contributed by atoms with Gasteiger partial charge in [-0.3, -0.25) is 4.79 Å². The highest BCUT2D eigenvalue weighted by Crippen LogP contribution is 2.39. The molecule has 0 N–H and O–H groups in total. The van der Waals surface area contributed by atoms with E-state index in [1.807, 2.05) is 24.3 Å². The van der Waals surface area contributed by atoms with Crippen LogP contribution in [0.25, 0.3) is 6.08 Å². The van der Waals surface area contributed by atoms with Gasteiger partial charge in [0.05, 0.1) is 32.5 Å². The van der Waals surface area contributed by atoms with E-state index in [4.69, 9.17) is 23.7 Å². The monoisotopic (exact) mass is 510 g/mol. The average Bonchev–Trinajstić information content (AvgIpc) is 3.13. The molecule has 0 bridgehead atoms. The predicted molar refractivity (Wildman–Crippen MR) is 125 cm³/mol. The van der Waals surface area contributed by atoms with Crippen molar-refractivity contribution in [2.24, 2.45) is 0 Å². The van der Waals surface area contributed by atoms with Gasteiger partial charge in [-0.25, -0.2) is 4.79 Å². The van der Waals surface area contributed by atoms with Crippen molar-refractivity contribution >= 4 is 33.8 Å². The van der Waals surface area contributed by atoms with E-state index in [1.54, 1.807) is 12.1 Å². The molecular formula is C25H19BrO7.